The highest BCUT2D eigenvalue weighted by molar-refractivity contribution is 7.89. The Balaban J connectivity index is 2.20. The van der Waals surface area contributed by atoms with E-state index in [1.807, 2.05) is 24.3 Å². The van der Waals surface area contributed by atoms with Crippen LogP contribution < -0.4 is 10.0 Å². The average Bonchev–Trinajstić information content (AvgIpc) is 2.62. The molecule has 1 amide bonds. The highest BCUT2D eigenvalue weighted by Gasteiger charge is 2.18. The molecule has 146 valence electrons. The highest BCUT2D eigenvalue weighted by Crippen LogP contribution is 2.20. The van der Waals surface area contributed by atoms with Gasteiger partial charge in [0.15, 0.2) is 0 Å². The Morgan fingerprint density at radius 2 is 1.78 bits per heavy atom. The minimum absolute atomic E-state index is 0.0458. The third kappa shape index (κ3) is 5.63. The van der Waals surface area contributed by atoms with E-state index < -0.39 is 10.0 Å². The van der Waals surface area contributed by atoms with Gasteiger partial charge in [-0.3, -0.25) is 4.79 Å². The average molecular weight is 391 g/mol. The monoisotopic (exact) mass is 390 g/mol. The maximum Gasteiger partial charge on any atom is 0.255 e. The third-order valence-electron chi connectivity index (χ3n) is 4.20. The van der Waals surface area contributed by atoms with Gasteiger partial charge >= 0.3 is 0 Å². The minimum atomic E-state index is -3.70. The molecule has 0 aliphatic carbocycles. The molecule has 2 aromatic carbocycles. The Morgan fingerprint density at radius 1 is 1.11 bits per heavy atom. The lowest BCUT2D eigenvalue weighted by molar-refractivity contribution is 0.102. The first-order chi connectivity index (χ1) is 12.7. The zero-order valence-electron chi connectivity index (χ0n) is 16.1. The maximum atomic E-state index is 12.6. The van der Waals surface area contributed by atoms with Gasteiger partial charge in [-0.1, -0.05) is 32.0 Å². The number of rotatable bonds is 8. The molecule has 0 fully saturated rings. The second kappa shape index (κ2) is 9.12. The number of ether oxygens (including phenoxy) is 1. The fraction of sp³-hybridized carbons (Fsp3) is 0.350. The molecular formula is C20H26N2O4S. The van der Waals surface area contributed by atoms with Crippen molar-refractivity contribution in [3.8, 4) is 0 Å². The Bertz CT molecular complexity index is 891. The normalized spacial score (nSPS) is 11.6. The molecule has 0 heterocycles. The lowest BCUT2D eigenvalue weighted by atomic mass is 10.0. The summed E-state index contributed by atoms with van der Waals surface area (Å²) in [6.07, 6.45) is 0. The van der Waals surface area contributed by atoms with Crippen LogP contribution in [-0.4, -0.2) is 34.6 Å². The molecule has 0 radical (unpaired) electrons. The van der Waals surface area contributed by atoms with Gasteiger partial charge in [0.2, 0.25) is 10.0 Å². The number of aryl methyl sites for hydroxylation is 1. The van der Waals surface area contributed by atoms with Gasteiger partial charge in [-0.05, 0) is 48.2 Å². The summed E-state index contributed by atoms with van der Waals surface area (Å²) in [4.78, 5) is 12.7. The fourth-order valence-electron chi connectivity index (χ4n) is 2.52. The van der Waals surface area contributed by atoms with Crippen LogP contribution >= 0.6 is 0 Å². The molecule has 0 aliphatic heterocycles. The summed E-state index contributed by atoms with van der Waals surface area (Å²) in [6, 6.07) is 12.1. The topological polar surface area (TPSA) is 84.5 Å². The van der Waals surface area contributed by atoms with Gasteiger partial charge in [0.05, 0.1) is 11.5 Å². The van der Waals surface area contributed by atoms with Crippen LogP contribution in [0.1, 0.15) is 41.3 Å². The van der Waals surface area contributed by atoms with Crippen LogP contribution in [0.15, 0.2) is 47.4 Å². The summed E-state index contributed by atoms with van der Waals surface area (Å²) in [6.45, 7) is 6.40. The van der Waals surface area contributed by atoms with Gasteiger partial charge in [-0.2, -0.15) is 0 Å². The zero-order chi connectivity index (χ0) is 20.0. The van der Waals surface area contributed by atoms with E-state index in [0.717, 1.165) is 0 Å². The Labute approximate surface area is 161 Å². The predicted octanol–water partition coefficient (Wildman–Crippen LogP) is 3.30. The van der Waals surface area contributed by atoms with E-state index >= 15 is 0 Å². The van der Waals surface area contributed by atoms with Crippen molar-refractivity contribution >= 4 is 21.6 Å². The molecule has 6 nitrogen and oxygen atoms in total. The van der Waals surface area contributed by atoms with Crippen LogP contribution in [0.2, 0.25) is 0 Å². The van der Waals surface area contributed by atoms with E-state index in [1.165, 1.54) is 24.8 Å². The van der Waals surface area contributed by atoms with Gasteiger partial charge in [0.1, 0.15) is 0 Å². The van der Waals surface area contributed by atoms with E-state index in [9.17, 15) is 13.2 Å². The zero-order valence-corrected chi connectivity index (χ0v) is 16.9. The minimum Gasteiger partial charge on any atom is -0.383 e. The summed E-state index contributed by atoms with van der Waals surface area (Å²) in [7, 11) is -2.21. The number of nitrogens with one attached hydrogen (secondary N) is 2. The van der Waals surface area contributed by atoms with Crippen molar-refractivity contribution < 1.29 is 17.9 Å². The number of carbonyl (C=O) groups excluding carboxylic acids is 1. The Morgan fingerprint density at radius 3 is 2.37 bits per heavy atom. The van der Waals surface area contributed by atoms with Crippen molar-refractivity contribution in [2.45, 2.75) is 31.6 Å². The number of sulfonamides is 1. The number of benzene rings is 2. The highest BCUT2D eigenvalue weighted by atomic mass is 32.2. The molecule has 0 bridgehead atoms. The largest absolute Gasteiger partial charge is 0.383 e. The molecule has 0 aliphatic rings. The van der Waals surface area contributed by atoms with Crippen molar-refractivity contribution in [2.75, 3.05) is 25.6 Å². The summed E-state index contributed by atoms with van der Waals surface area (Å²) < 4.78 is 32.0. The molecule has 2 aromatic rings. The molecule has 2 N–H and O–H groups in total. The predicted molar refractivity (Wildman–Crippen MR) is 107 cm³/mol. The molecule has 0 saturated carbocycles. The van der Waals surface area contributed by atoms with E-state index in [2.05, 4.69) is 23.9 Å². The van der Waals surface area contributed by atoms with Crippen LogP contribution in [0.3, 0.4) is 0 Å². The molecule has 2 rings (SSSR count). The van der Waals surface area contributed by atoms with E-state index in [-0.39, 0.29) is 24.0 Å². The van der Waals surface area contributed by atoms with Gasteiger partial charge in [-0.15, -0.1) is 0 Å². The van der Waals surface area contributed by atoms with Gasteiger partial charge in [0, 0.05) is 24.9 Å². The molecule has 0 aromatic heterocycles. The van der Waals surface area contributed by atoms with Crippen molar-refractivity contribution in [2.24, 2.45) is 0 Å². The van der Waals surface area contributed by atoms with Gasteiger partial charge < -0.3 is 10.1 Å². The van der Waals surface area contributed by atoms with E-state index in [4.69, 9.17) is 4.74 Å². The van der Waals surface area contributed by atoms with Crippen LogP contribution in [0.25, 0.3) is 0 Å². The molecule has 0 spiro atoms. The van der Waals surface area contributed by atoms with Crippen molar-refractivity contribution in [1.82, 2.24) is 4.72 Å². The summed E-state index contributed by atoms with van der Waals surface area (Å²) in [5.41, 5.74) is 2.86. The molecule has 0 unspecified atom stereocenters. The van der Waals surface area contributed by atoms with Gasteiger partial charge in [0.25, 0.3) is 5.91 Å². The number of carbonyl (C=O) groups is 1. The standard InChI is InChI=1S/C20H26N2O4S/c1-14(2)16-6-8-17(9-7-16)22-20(23)19-13-18(10-5-15(19)3)27(24,25)21-11-12-26-4/h5-10,13-14,21H,11-12H2,1-4H3,(H,22,23). The quantitative estimate of drug-likeness (QED) is 0.678. The van der Waals surface area contributed by atoms with Crippen molar-refractivity contribution in [3.63, 3.8) is 0 Å². The van der Waals surface area contributed by atoms with Gasteiger partial charge in [-0.25, -0.2) is 13.1 Å². The van der Waals surface area contributed by atoms with E-state index in [0.29, 0.717) is 22.7 Å². The second-order valence-corrected chi connectivity index (χ2v) is 8.37. The molecular weight excluding hydrogens is 364 g/mol. The molecule has 27 heavy (non-hydrogen) atoms. The van der Waals surface area contributed by atoms with Crippen LogP contribution in [0.5, 0.6) is 0 Å². The first kappa shape index (κ1) is 21.1. The molecule has 7 heteroatoms. The van der Waals surface area contributed by atoms with Crippen LogP contribution in [-0.2, 0) is 14.8 Å². The maximum absolute atomic E-state index is 12.6. The fourth-order valence-corrected chi connectivity index (χ4v) is 3.56. The van der Waals surface area contributed by atoms with Crippen LogP contribution in [0, 0.1) is 6.92 Å². The second-order valence-electron chi connectivity index (χ2n) is 6.60. The lowest BCUT2D eigenvalue weighted by Crippen LogP contribution is -2.27. The SMILES string of the molecule is COCCNS(=O)(=O)c1ccc(C)c(C(=O)Nc2ccc(C(C)C)cc2)c1. The number of anilines is 1. The Kier molecular flexibility index (Phi) is 7.12. The summed E-state index contributed by atoms with van der Waals surface area (Å²) >= 11 is 0. The number of hydrogen-bond donors (Lipinski definition) is 2. The molecule has 0 atom stereocenters. The van der Waals surface area contributed by atoms with E-state index in [1.54, 1.807) is 13.0 Å². The third-order valence-corrected chi connectivity index (χ3v) is 5.66. The van der Waals surface area contributed by atoms with Crippen molar-refractivity contribution in [1.29, 1.82) is 0 Å². The number of hydrogen-bond acceptors (Lipinski definition) is 4. The Hall–Kier alpha value is -2.22. The smallest absolute Gasteiger partial charge is 0.255 e. The summed E-state index contributed by atoms with van der Waals surface area (Å²) in [5.74, 6) is 0.0585. The van der Waals surface area contributed by atoms with Crippen LogP contribution in [0.4, 0.5) is 5.69 Å². The van der Waals surface area contributed by atoms with Crippen molar-refractivity contribution in [3.05, 3.63) is 59.2 Å². The number of amides is 1. The lowest BCUT2D eigenvalue weighted by Gasteiger charge is -2.12. The first-order valence-electron chi connectivity index (χ1n) is 8.75. The number of methoxy groups -OCH3 is 1. The first-order valence-corrected chi connectivity index (χ1v) is 10.2. The molecule has 0 saturated heterocycles. The summed E-state index contributed by atoms with van der Waals surface area (Å²) in [5, 5.41) is 2.82.